The third kappa shape index (κ3) is 15.8. The number of nitrogens with zero attached hydrogens (tertiary/aromatic N) is 4. The van der Waals surface area contributed by atoms with E-state index in [-0.39, 0.29) is 0 Å². The van der Waals surface area contributed by atoms with Crippen LogP contribution < -0.4 is 18.3 Å². The van der Waals surface area contributed by atoms with E-state index in [4.69, 9.17) is 20.6 Å². The van der Waals surface area contributed by atoms with Gasteiger partial charge in [0.1, 0.15) is 28.2 Å². The van der Waals surface area contributed by atoms with Crippen molar-refractivity contribution in [2.45, 2.75) is 160 Å². The van der Waals surface area contributed by atoms with Crippen LogP contribution in [0.1, 0.15) is 194 Å². The first-order valence-electron chi connectivity index (χ1n) is 33.7. The van der Waals surface area contributed by atoms with Crippen molar-refractivity contribution in [3.63, 3.8) is 0 Å². The van der Waals surface area contributed by atoms with Crippen LogP contribution in [0, 0.1) is 41.4 Å². The van der Waals surface area contributed by atoms with E-state index in [1.54, 1.807) is 57.4 Å². The Morgan fingerprint density at radius 3 is 1.13 bits per heavy atom. The number of hydrogen-bond acceptors (Lipinski definition) is 0. The Morgan fingerprint density at radius 2 is 0.776 bits per heavy atom. The van der Waals surface area contributed by atoms with Crippen molar-refractivity contribution in [1.29, 1.82) is 0 Å². The molecule has 4 heterocycles. The summed E-state index contributed by atoms with van der Waals surface area (Å²) in [5.74, 6) is -2.44. The van der Waals surface area contributed by atoms with E-state index in [0.29, 0.717) is 16.7 Å². The molecule has 0 N–H and O–H groups in total. The van der Waals surface area contributed by atoms with Gasteiger partial charge in [0.25, 0.3) is 0 Å². The van der Waals surface area contributed by atoms with Gasteiger partial charge >= 0.3 is 0 Å². The Labute approximate surface area is 483 Å². The highest BCUT2D eigenvalue weighted by Crippen LogP contribution is 2.30. The molecule has 0 aliphatic heterocycles. The molecule has 76 heavy (non-hydrogen) atoms. The lowest BCUT2D eigenvalue weighted by molar-refractivity contribution is -0.661. The van der Waals surface area contributed by atoms with Gasteiger partial charge in [-0.05, 0) is 164 Å². The highest BCUT2D eigenvalue weighted by atomic mass is 14.9. The molecule has 8 aromatic rings. The Balaban J connectivity index is 0.000000221. The first-order chi connectivity index (χ1) is 41.2. The molecule has 0 radical (unpaired) electrons. The molecule has 0 spiro atoms. The van der Waals surface area contributed by atoms with Crippen LogP contribution in [-0.4, -0.2) is 0 Å². The minimum absolute atomic E-state index is 0.334. The zero-order valence-corrected chi connectivity index (χ0v) is 49.1. The fraction of sp³-hybridized carbons (Fsp3) is 0.389. The highest BCUT2D eigenvalue weighted by molar-refractivity contribution is 5.64. The van der Waals surface area contributed by atoms with Crippen molar-refractivity contribution < 1.29 is 38.8 Å². The third-order valence-corrected chi connectivity index (χ3v) is 13.9. The van der Waals surface area contributed by atoms with Crippen molar-refractivity contribution in [3.05, 3.63) is 213 Å². The van der Waals surface area contributed by atoms with Gasteiger partial charge in [-0.25, -0.2) is 18.3 Å². The van der Waals surface area contributed by atoms with Crippen molar-refractivity contribution >= 4 is 0 Å². The Kier molecular flexibility index (Phi) is 14.5. The number of pyridine rings is 4. The van der Waals surface area contributed by atoms with Crippen molar-refractivity contribution in [2.75, 3.05) is 0 Å². The predicted octanol–water partition coefficient (Wildman–Crippen LogP) is 16.9. The summed E-state index contributed by atoms with van der Waals surface area (Å²) < 4.78 is 124. The van der Waals surface area contributed by atoms with Gasteiger partial charge in [-0.2, -0.15) is 0 Å². The number of rotatable bonds is 9. The second-order valence-corrected chi connectivity index (χ2v) is 21.6. The molecule has 0 aliphatic carbocycles. The van der Waals surface area contributed by atoms with Crippen LogP contribution in [0.5, 0.6) is 0 Å². The maximum absolute atomic E-state index is 8.16. The van der Waals surface area contributed by atoms with Crippen molar-refractivity contribution in [3.8, 4) is 45.0 Å². The minimum atomic E-state index is -2.09. The van der Waals surface area contributed by atoms with Gasteiger partial charge in [0.05, 0.1) is 0 Å². The summed E-state index contributed by atoms with van der Waals surface area (Å²) >= 11 is 0. The van der Waals surface area contributed by atoms with Crippen molar-refractivity contribution in [2.24, 2.45) is 28.2 Å². The minimum Gasteiger partial charge on any atom is -0.201 e. The first-order valence-corrected chi connectivity index (χ1v) is 26.2. The Morgan fingerprint density at radius 1 is 0.421 bits per heavy atom. The molecule has 0 saturated heterocycles. The van der Waals surface area contributed by atoms with Gasteiger partial charge in [0, 0.05) is 89.3 Å². The normalized spacial score (nSPS) is 15.4. The Bertz CT molecular complexity index is 3400. The molecule has 0 saturated carbocycles. The fourth-order valence-electron chi connectivity index (χ4n) is 9.10. The molecule has 0 amide bonds. The van der Waals surface area contributed by atoms with Gasteiger partial charge in [-0.1, -0.05) is 137 Å². The number of aryl methyl sites for hydroxylation is 11. The van der Waals surface area contributed by atoms with Gasteiger partial charge < -0.3 is 0 Å². The largest absolute Gasteiger partial charge is 0.212 e. The van der Waals surface area contributed by atoms with E-state index in [1.165, 1.54) is 11.1 Å². The summed E-state index contributed by atoms with van der Waals surface area (Å²) in [5.41, 5.74) is 17.6. The second kappa shape index (κ2) is 26.5. The average Bonchev–Trinajstić information content (AvgIpc) is 0.809. The van der Waals surface area contributed by atoms with Crippen LogP contribution in [-0.2, 0) is 40.0 Å². The summed E-state index contributed by atoms with van der Waals surface area (Å²) in [6.45, 7) is 21.9. The molecule has 4 heteroatoms. The molecule has 4 nitrogen and oxygen atoms in total. The van der Waals surface area contributed by atoms with E-state index >= 15 is 0 Å². The van der Waals surface area contributed by atoms with Crippen LogP contribution in [0.15, 0.2) is 146 Å². The predicted molar refractivity (Wildman–Crippen MR) is 325 cm³/mol. The van der Waals surface area contributed by atoms with Gasteiger partial charge in [0.15, 0.2) is 24.8 Å². The first kappa shape index (κ1) is 41.6. The maximum Gasteiger partial charge on any atom is 0.212 e. The lowest BCUT2D eigenvalue weighted by atomic mass is 9.85. The molecule has 400 valence electrons. The molecule has 4 aromatic carbocycles. The van der Waals surface area contributed by atoms with Crippen LogP contribution in [0.2, 0.25) is 0 Å². The molecular weight excluding hydrogens is 921 g/mol. The lowest BCUT2D eigenvalue weighted by Crippen LogP contribution is -2.31. The molecule has 8 rings (SSSR count). The average molecular weight is 1030 g/mol. The zero-order chi connectivity index (χ0) is 69.3. The third-order valence-electron chi connectivity index (χ3n) is 13.9. The van der Waals surface area contributed by atoms with Crippen molar-refractivity contribution in [1.82, 2.24) is 0 Å². The Hall–Kier alpha value is -6.52. The number of hydrogen-bond donors (Lipinski definition) is 0. The summed E-state index contributed by atoms with van der Waals surface area (Å²) in [6.07, 6.45) is 6.06. The molecule has 0 aliphatic rings. The standard InChI is InChI=1S/2C19H26N.2C17H22N/c1-13(2)16-7-9-18(15(5)11-16)19-10-8-17(14(3)4)12-20(19)6;1-7-15-8-11-18(20(6)13-15)17-10-9-16(12-14(17)2)19(3,4)5;1-12(2)15-7-8-16(14(4)10-15)17-9-6-13(3)11-18(17)5;1-12(2)15-7-9-17(18(5)11-15)16-8-6-13(3)10-14(16)4/h7-14H,1-6H3;8-13H,7H2,1-6H3;2*6-12H,1-5H3/q4*+1/i13D,14D;3D3,7D2;2*3D3,12D. The van der Waals surface area contributed by atoms with E-state index in [2.05, 4.69) is 29.7 Å². The number of aromatic nitrogens is 4. The molecular formula is C72H96N4+4. The van der Waals surface area contributed by atoms with Gasteiger partial charge in [-0.15, -0.1) is 0 Å². The summed E-state index contributed by atoms with van der Waals surface area (Å²) in [6, 6.07) is 38.5. The van der Waals surface area contributed by atoms with Gasteiger partial charge in [-0.3, -0.25) is 0 Å². The molecule has 4 aromatic heterocycles. The van der Waals surface area contributed by atoms with Crippen LogP contribution in [0.4, 0.5) is 0 Å². The zero-order valence-electron chi connectivity index (χ0n) is 64.1. The number of benzene rings is 4. The smallest absolute Gasteiger partial charge is 0.201 e. The highest BCUT2D eigenvalue weighted by Gasteiger charge is 2.20. The SMILES string of the molecule is [2H]C(C)(C)c1ccc(-c2ccc(C([2H])(C)C)c[n+]2C)c(C)c1.[2H]C([2H])(C)c1ccc(-c2ccc(C(C)(C)C([2H])([2H])[2H])cc2C)[n+](C)c1.[2H]C([2H])([2H])c1ccc(-c2ccc(C([2H])(C)C)c[n+]2C)c(C)c1.[2H]C([2H])([2H])c1ccc(-c2ccc(C([2H])(C)C)cc2C)[n+](C)c1. The molecule has 0 atom stereocenters. The monoisotopic (exact) mass is 1030 g/mol. The fourth-order valence-corrected chi connectivity index (χ4v) is 9.10. The van der Waals surface area contributed by atoms with E-state index < -0.39 is 55.9 Å². The van der Waals surface area contributed by atoms with Crippen LogP contribution >= 0.6 is 0 Å². The topological polar surface area (TPSA) is 15.5 Å². The lowest BCUT2D eigenvalue weighted by Gasteiger charge is -2.20. The summed E-state index contributed by atoms with van der Waals surface area (Å²) in [5, 5.41) is 0. The molecule has 0 fully saturated rings. The van der Waals surface area contributed by atoms with Crippen LogP contribution in [0.25, 0.3) is 45.0 Å². The summed E-state index contributed by atoms with van der Waals surface area (Å²) in [4.78, 5) is 0. The quantitative estimate of drug-likeness (QED) is 0.128. The van der Waals surface area contributed by atoms with Gasteiger partial charge in [0.2, 0.25) is 22.8 Å². The molecule has 0 bridgehead atoms. The van der Waals surface area contributed by atoms with Crippen LogP contribution in [0.3, 0.4) is 0 Å². The van der Waals surface area contributed by atoms with E-state index in [9.17, 15) is 0 Å². The second-order valence-electron chi connectivity index (χ2n) is 21.6. The van der Waals surface area contributed by atoms with E-state index in [1.807, 2.05) is 209 Å². The van der Waals surface area contributed by atoms with E-state index in [0.717, 1.165) is 84.0 Å². The molecule has 0 unspecified atom stereocenters. The summed E-state index contributed by atoms with van der Waals surface area (Å²) in [7, 11) is 7.71. The maximum atomic E-state index is 8.16.